The van der Waals surface area contributed by atoms with E-state index in [9.17, 15) is 9.59 Å². The molecule has 2 bridgehead atoms. The van der Waals surface area contributed by atoms with Crippen molar-refractivity contribution in [3.05, 3.63) is 24.3 Å². The number of rotatable bonds is 5. The molecule has 1 aliphatic carbocycles. The Morgan fingerprint density at radius 1 is 1.17 bits per heavy atom. The molecule has 3 N–H and O–H groups in total. The lowest BCUT2D eigenvalue weighted by molar-refractivity contribution is -0.118. The van der Waals surface area contributed by atoms with Crippen molar-refractivity contribution in [2.75, 3.05) is 29.9 Å². The average molecular weight is 316 g/mol. The fraction of sp³-hybridized carbons (Fsp3) is 0.529. The summed E-state index contributed by atoms with van der Waals surface area (Å²) in [4.78, 5) is 25.3. The van der Waals surface area contributed by atoms with Crippen molar-refractivity contribution in [1.29, 1.82) is 0 Å². The lowest BCUT2D eigenvalue weighted by Crippen LogP contribution is -2.37. The molecule has 2 fully saturated rings. The fourth-order valence-corrected chi connectivity index (χ4v) is 3.63. The minimum atomic E-state index is -0.243. The van der Waals surface area contributed by atoms with Crippen LogP contribution in [0, 0.1) is 5.92 Å². The summed E-state index contributed by atoms with van der Waals surface area (Å²) >= 11 is 0. The largest absolute Gasteiger partial charge is 0.367 e. The summed E-state index contributed by atoms with van der Waals surface area (Å²) in [6.07, 6.45) is 3.86. The first-order valence-electron chi connectivity index (χ1n) is 8.28. The Kier molecular flexibility index (Phi) is 4.69. The van der Waals surface area contributed by atoms with Gasteiger partial charge in [0, 0.05) is 32.6 Å². The molecule has 3 rings (SSSR count). The molecule has 124 valence electrons. The number of hydrogen-bond acceptors (Lipinski definition) is 3. The smallest absolute Gasteiger partial charge is 0.319 e. The van der Waals surface area contributed by atoms with E-state index in [2.05, 4.69) is 26.9 Å². The zero-order valence-electron chi connectivity index (χ0n) is 13.5. The number of nitrogens with zero attached hydrogens (tertiary/aromatic N) is 1. The van der Waals surface area contributed by atoms with Gasteiger partial charge >= 0.3 is 6.03 Å². The second kappa shape index (κ2) is 6.89. The number of anilines is 2. The standard InChI is InChI=1S/C17H24N4O2/c1-12(22)18-8-9-19-17(23)20-15-4-2-3-5-16(15)21-11-13-6-7-14(21)10-13/h2-5,13-14H,6-11H2,1H3,(H,18,22)(H2,19,20,23). The van der Waals surface area contributed by atoms with Crippen LogP contribution in [-0.4, -0.2) is 37.6 Å². The lowest BCUT2D eigenvalue weighted by atomic mass is 10.1. The van der Waals surface area contributed by atoms with Gasteiger partial charge in [0.2, 0.25) is 5.91 Å². The van der Waals surface area contributed by atoms with Gasteiger partial charge in [-0.25, -0.2) is 4.79 Å². The van der Waals surface area contributed by atoms with Crippen LogP contribution in [0.1, 0.15) is 26.2 Å². The molecule has 6 heteroatoms. The first-order chi connectivity index (χ1) is 11.1. The molecule has 6 nitrogen and oxygen atoms in total. The number of para-hydroxylation sites is 2. The highest BCUT2D eigenvalue weighted by atomic mass is 16.2. The van der Waals surface area contributed by atoms with Crippen molar-refractivity contribution >= 4 is 23.3 Å². The molecule has 1 aliphatic heterocycles. The van der Waals surface area contributed by atoms with E-state index in [0.717, 1.165) is 23.8 Å². The Labute approximate surface area is 136 Å². The summed E-state index contributed by atoms with van der Waals surface area (Å²) in [6, 6.07) is 8.34. The molecule has 23 heavy (non-hydrogen) atoms. The molecule has 1 heterocycles. The van der Waals surface area contributed by atoms with Gasteiger partial charge in [0.25, 0.3) is 0 Å². The Bertz CT molecular complexity index is 590. The molecule has 2 atom stereocenters. The summed E-state index contributed by atoms with van der Waals surface area (Å²) < 4.78 is 0. The fourth-order valence-electron chi connectivity index (χ4n) is 3.63. The van der Waals surface area contributed by atoms with E-state index in [1.807, 2.05) is 18.2 Å². The molecule has 0 spiro atoms. The molecule has 1 saturated carbocycles. The molecule has 3 amide bonds. The van der Waals surface area contributed by atoms with Crippen LogP contribution in [0.2, 0.25) is 0 Å². The molecule has 2 aliphatic rings. The zero-order chi connectivity index (χ0) is 16.2. The van der Waals surface area contributed by atoms with Gasteiger partial charge < -0.3 is 20.9 Å². The van der Waals surface area contributed by atoms with Crippen LogP contribution >= 0.6 is 0 Å². The molecule has 0 aromatic heterocycles. The van der Waals surface area contributed by atoms with Crippen molar-refractivity contribution in [2.45, 2.75) is 32.2 Å². The second-order valence-corrected chi connectivity index (χ2v) is 6.37. The van der Waals surface area contributed by atoms with Crippen molar-refractivity contribution in [3.63, 3.8) is 0 Å². The van der Waals surface area contributed by atoms with Crippen LogP contribution in [0.15, 0.2) is 24.3 Å². The normalized spacial score (nSPS) is 22.0. The predicted molar refractivity (Wildman–Crippen MR) is 90.6 cm³/mol. The molecular weight excluding hydrogens is 292 g/mol. The van der Waals surface area contributed by atoms with E-state index >= 15 is 0 Å². The summed E-state index contributed by atoms with van der Waals surface area (Å²) in [5, 5.41) is 8.34. The van der Waals surface area contributed by atoms with E-state index in [4.69, 9.17) is 0 Å². The van der Waals surface area contributed by atoms with Crippen molar-refractivity contribution < 1.29 is 9.59 Å². The summed E-state index contributed by atoms with van der Waals surface area (Å²) in [5.41, 5.74) is 1.95. The third-order valence-electron chi connectivity index (χ3n) is 4.66. The van der Waals surface area contributed by atoms with E-state index in [1.54, 1.807) is 0 Å². The van der Waals surface area contributed by atoms with Gasteiger partial charge in [0.05, 0.1) is 11.4 Å². The molecule has 1 saturated heterocycles. The quantitative estimate of drug-likeness (QED) is 0.727. The van der Waals surface area contributed by atoms with Crippen molar-refractivity contribution in [3.8, 4) is 0 Å². The van der Waals surface area contributed by atoms with Crippen LogP contribution < -0.4 is 20.9 Å². The van der Waals surface area contributed by atoms with E-state index in [1.165, 1.54) is 26.2 Å². The van der Waals surface area contributed by atoms with Gasteiger partial charge in [-0.1, -0.05) is 12.1 Å². The zero-order valence-corrected chi connectivity index (χ0v) is 13.5. The number of fused-ring (bicyclic) bond motifs is 2. The van der Waals surface area contributed by atoms with Crippen molar-refractivity contribution in [2.24, 2.45) is 5.92 Å². The first kappa shape index (κ1) is 15.6. The minimum Gasteiger partial charge on any atom is -0.367 e. The maximum Gasteiger partial charge on any atom is 0.319 e. The van der Waals surface area contributed by atoms with Gasteiger partial charge in [0.15, 0.2) is 0 Å². The lowest BCUT2D eigenvalue weighted by Gasteiger charge is -2.31. The van der Waals surface area contributed by atoms with Gasteiger partial charge in [-0.05, 0) is 37.3 Å². The number of hydrogen-bond donors (Lipinski definition) is 3. The SMILES string of the molecule is CC(=O)NCCNC(=O)Nc1ccccc1N1CC2CCC1C2. The highest BCUT2D eigenvalue weighted by Gasteiger charge is 2.38. The second-order valence-electron chi connectivity index (χ2n) is 6.37. The predicted octanol–water partition coefficient (Wildman–Crippen LogP) is 1.93. The van der Waals surface area contributed by atoms with E-state index < -0.39 is 0 Å². The molecular formula is C17H24N4O2. The number of carbonyl (C=O) groups excluding carboxylic acids is 2. The van der Waals surface area contributed by atoms with Gasteiger partial charge in [-0.2, -0.15) is 0 Å². The van der Waals surface area contributed by atoms with Crippen LogP contribution in [0.4, 0.5) is 16.2 Å². The van der Waals surface area contributed by atoms with Gasteiger partial charge in [-0.3, -0.25) is 4.79 Å². The van der Waals surface area contributed by atoms with Gasteiger partial charge in [-0.15, -0.1) is 0 Å². The highest BCUT2D eigenvalue weighted by molar-refractivity contribution is 5.93. The highest BCUT2D eigenvalue weighted by Crippen LogP contribution is 2.42. The number of nitrogens with one attached hydrogen (secondary N) is 3. The Balaban J connectivity index is 1.58. The van der Waals surface area contributed by atoms with Crippen molar-refractivity contribution in [1.82, 2.24) is 10.6 Å². The van der Waals surface area contributed by atoms with Crippen LogP contribution in [0.5, 0.6) is 0 Å². The number of amides is 3. The van der Waals surface area contributed by atoms with Gasteiger partial charge in [0.1, 0.15) is 0 Å². The van der Waals surface area contributed by atoms with E-state index in [-0.39, 0.29) is 11.9 Å². The molecule has 2 unspecified atom stereocenters. The van der Waals surface area contributed by atoms with Crippen LogP contribution in [0.25, 0.3) is 0 Å². The third-order valence-corrected chi connectivity index (χ3v) is 4.66. The molecule has 1 aromatic carbocycles. The Hall–Kier alpha value is -2.24. The third kappa shape index (κ3) is 3.75. The topological polar surface area (TPSA) is 73.5 Å². The van der Waals surface area contributed by atoms with Crippen LogP contribution in [-0.2, 0) is 4.79 Å². The minimum absolute atomic E-state index is 0.0957. The first-order valence-corrected chi connectivity index (χ1v) is 8.28. The maximum absolute atomic E-state index is 12.0. The maximum atomic E-state index is 12.0. The monoisotopic (exact) mass is 316 g/mol. The average Bonchev–Trinajstić information content (AvgIpc) is 3.15. The number of piperidine rings is 1. The van der Waals surface area contributed by atoms with Crippen LogP contribution in [0.3, 0.4) is 0 Å². The molecule has 0 radical (unpaired) electrons. The number of urea groups is 1. The summed E-state index contributed by atoms with van der Waals surface area (Å²) in [6.45, 7) is 3.38. The summed E-state index contributed by atoms with van der Waals surface area (Å²) in [7, 11) is 0. The Morgan fingerprint density at radius 3 is 2.65 bits per heavy atom. The van der Waals surface area contributed by atoms with E-state index in [0.29, 0.717) is 19.1 Å². The number of carbonyl (C=O) groups is 2. The summed E-state index contributed by atoms with van der Waals surface area (Å²) in [5.74, 6) is 0.709. The Morgan fingerprint density at radius 2 is 1.96 bits per heavy atom. The number of benzene rings is 1. The molecule has 1 aromatic rings.